The summed E-state index contributed by atoms with van der Waals surface area (Å²) < 4.78 is 1.89. The Morgan fingerprint density at radius 1 is 1.15 bits per heavy atom. The molecule has 108 valence electrons. The summed E-state index contributed by atoms with van der Waals surface area (Å²) in [5, 5.41) is 8.68. The van der Waals surface area contributed by atoms with Gasteiger partial charge in [-0.3, -0.25) is 0 Å². The van der Waals surface area contributed by atoms with Gasteiger partial charge in [-0.2, -0.15) is 5.10 Å². The van der Waals surface area contributed by atoms with Crippen molar-refractivity contribution in [2.75, 3.05) is 0 Å². The molecule has 0 radical (unpaired) electrons. The highest BCUT2D eigenvalue weighted by molar-refractivity contribution is 6.31. The second-order valence-electron chi connectivity index (χ2n) is 6.17. The quantitative estimate of drug-likeness (QED) is 0.925. The molecule has 0 saturated heterocycles. The Bertz CT molecular complexity index is 591. The van der Waals surface area contributed by atoms with Crippen molar-refractivity contribution in [2.24, 2.45) is 0 Å². The molecule has 1 aromatic carbocycles. The number of nitrogens with one attached hydrogen (secondary N) is 1. The van der Waals surface area contributed by atoms with Gasteiger partial charge in [-0.05, 0) is 52.3 Å². The van der Waals surface area contributed by atoms with Crippen molar-refractivity contribution in [3.05, 3.63) is 46.2 Å². The molecule has 0 amide bonds. The van der Waals surface area contributed by atoms with Gasteiger partial charge >= 0.3 is 0 Å². The Kier molecular flexibility index (Phi) is 4.21. The Morgan fingerprint density at radius 2 is 1.75 bits per heavy atom. The average Bonchev–Trinajstić information content (AvgIpc) is 2.64. The minimum atomic E-state index is 0.127. The fraction of sp³-hybridized carbons (Fsp3) is 0.438. The molecule has 1 aromatic heterocycles. The second-order valence-corrected chi connectivity index (χ2v) is 6.54. The number of hydrogen-bond acceptors (Lipinski definition) is 2. The minimum Gasteiger partial charge on any atom is -0.308 e. The van der Waals surface area contributed by atoms with Crippen molar-refractivity contribution >= 4 is 11.6 Å². The fourth-order valence-corrected chi connectivity index (χ4v) is 2.12. The van der Waals surface area contributed by atoms with E-state index >= 15 is 0 Å². The van der Waals surface area contributed by atoms with Gasteiger partial charge in [0.2, 0.25) is 0 Å². The molecule has 3 nitrogen and oxygen atoms in total. The lowest BCUT2D eigenvalue weighted by molar-refractivity contribution is 0.424. The average molecular weight is 292 g/mol. The van der Waals surface area contributed by atoms with E-state index in [1.54, 1.807) is 0 Å². The molecule has 0 fully saturated rings. The number of halogens is 1. The van der Waals surface area contributed by atoms with E-state index in [-0.39, 0.29) is 5.54 Å². The maximum atomic E-state index is 6.19. The Labute approximate surface area is 126 Å². The van der Waals surface area contributed by atoms with Gasteiger partial charge in [-0.25, -0.2) is 4.68 Å². The molecular weight excluding hydrogens is 270 g/mol. The normalized spacial score (nSPS) is 11.9. The van der Waals surface area contributed by atoms with Crippen LogP contribution in [0.3, 0.4) is 0 Å². The van der Waals surface area contributed by atoms with Gasteiger partial charge in [0, 0.05) is 12.1 Å². The van der Waals surface area contributed by atoms with Crippen LogP contribution in [-0.4, -0.2) is 15.3 Å². The van der Waals surface area contributed by atoms with Crippen LogP contribution in [-0.2, 0) is 6.54 Å². The predicted octanol–water partition coefficient (Wildman–Crippen LogP) is 4.03. The highest BCUT2D eigenvalue weighted by Crippen LogP contribution is 2.22. The smallest absolute Gasteiger partial charge is 0.0848 e. The van der Waals surface area contributed by atoms with Crippen LogP contribution in [0.1, 0.15) is 37.7 Å². The number of rotatable bonds is 3. The number of aromatic nitrogens is 2. The van der Waals surface area contributed by atoms with Crippen LogP contribution in [0.25, 0.3) is 5.69 Å². The summed E-state index contributed by atoms with van der Waals surface area (Å²) >= 11 is 6.19. The third kappa shape index (κ3) is 3.41. The molecule has 2 rings (SSSR count). The molecule has 0 aliphatic heterocycles. The van der Waals surface area contributed by atoms with Crippen molar-refractivity contribution in [1.29, 1.82) is 0 Å². The third-order valence-electron chi connectivity index (χ3n) is 3.21. The molecule has 0 spiro atoms. The first-order valence-corrected chi connectivity index (χ1v) is 7.22. The van der Waals surface area contributed by atoms with Crippen LogP contribution >= 0.6 is 11.6 Å². The van der Waals surface area contributed by atoms with Gasteiger partial charge in [-0.15, -0.1) is 0 Å². The second kappa shape index (κ2) is 5.58. The molecule has 0 saturated carbocycles. The first kappa shape index (κ1) is 15.1. The number of benzene rings is 1. The molecule has 20 heavy (non-hydrogen) atoms. The summed E-state index contributed by atoms with van der Waals surface area (Å²) in [6.45, 7) is 11.3. The third-order valence-corrected chi connectivity index (χ3v) is 3.75. The lowest BCUT2D eigenvalue weighted by Crippen LogP contribution is -2.35. The Morgan fingerprint density at radius 3 is 2.20 bits per heavy atom. The van der Waals surface area contributed by atoms with Crippen LogP contribution in [0.15, 0.2) is 24.3 Å². The monoisotopic (exact) mass is 291 g/mol. The summed E-state index contributed by atoms with van der Waals surface area (Å²) in [5.41, 5.74) is 4.27. The standard InChI is InChI=1S/C16H22ClN3/c1-11-15(17)12(2)20(19-11)14-8-6-13(7-9-14)10-18-16(3,4)5/h6-9,18H,10H2,1-5H3. The molecule has 0 atom stereocenters. The van der Waals surface area contributed by atoms with E-state index in [4.69, 9.17) is 11.6 Å². The van der Waals surface area contributed by atoms with Gasteiger partial charge < -0.3 is 5.32 Å². The van der Waals surface area contributed by atoms with E-state index in [0.717, 1.165) is 28.6 Å². The first-order valence-electron chi connectivity index (χ1n) is 6.84. The van der Waals surface area contributed by atoms with Crippen molar-refractivity contribution in [3.63, 3.8) is 0 Å². The number of nitrogens with zero attached hydrogens (tertiary/aromatic N) is 2. The van der Waals surface area contributed by atoms with E-state index in [0.29, 0.717) is 0 Å². The first-order chi connectivity index (χ1) is 9.28. The van der Waals surface area contributed by atoms with Gasteiger partial charge in [0.15, 0.2) is 0 Å². The topological polar surface area (TPSA) is 29.9 Å². The number of aryl methyl sites for hydroxylation is 1. The Balaban J connectivity index is 2.18. The van der Waals surface area contributed by atoms with Gasteiger partial charge in [0.25, 0.3) is 0 Å². The number of hydrogen-bond donors (Lipinski definition) is 1. The van der Waals surface area contributed by atoms with Gasteiger partial charge in [0.05, 0.1) is 22.1 Å². The Hall–Kier alpha value is -1.32. The van der Waals surface area contributed by atoms with E-state index in [9.17, 15) is 0 Å². The van der Waals surface area contributed by atoms with Gasteiger partial charge in [0.1, 0.15) is 0 Å². The summed E-state index contributed by atoms with van der Waals surface area (Å²) in [7, 11) is 0. The molecule has 2 aromatic rings. The van der Waals surface area contributed by atoms with Crippen molar-refractivity contribution in [1.82, 2.24) is 15.1 Å². The zero-order valence-electron chi connectivity index (χ0n) is 12.8. The summed E-state index contributed by atoms with van der Waals surface area (Å²) in [5.74, 6) is 0. The minimum absolute atomic E-state index is 0.127. The lowest BCUT2D eigenvalue weighted by atomic mass is 10.1. The largest absolute Gasteiger partial charge is 0.308 e. The highest BCUT2D eigenvalue weighted by Gasteiger charge is 2.11. The van der Waals surface area contributed by atoms with Gasteiger partial charge in [-0.1, -0.05) is 23.7 Å². The predicted molar refractivity (Wildman–Crippen MR) is 84.6 cm³/mol. The molecule has 4 heteroatoms. The van der Waals surface area contributed by atoms with Crippen molar-refractivity contribution < 1.29 is 0 Å². The molecule has 1 heterocycles. The summed E-state index contributed by atoms with van der Waals surface area (Å²) in [6, 6.07) is 8.40. The van der Waals surface area contributed by atoms with E-state index in [2.05, 4.69) is 55.5 Å². The van der Waals surface area contributed by atoms with E-state index < -0.39 is 0 Å². The summed E-state index contributed by atoms with van der Waals surface area (Å²) in [6.07, 6.45) is 0. The lowest BCUT2D eigenvalue weighted by Gasteiger charge is -2.20. The van der Waals surface area contributed by atoms with Crippen LogP contribution in [0, 0.1) is 13.8 Å². The van der Waals surface area contributed by atoms with E-state index in [1.807, 2.05) is 18.5 Å². The maximum Gasteiger partial charge on any atom is 0.0848 e. The van der Waals surface area contributed by atoms with Crippen molar-refractivity contribution in [2.45, 2.75) is 46.7 Å². The van der Waals surface area contributed by atoms with Crippen LogP contribution < -0.4 is 5.32 Å². The molecule has 0 bridgehead atoms. The molecule has 0 aliphatic rings. The molecule has 0 unspecified atom stereocenters. The zero-order chi connectivity index (χ0) is 14.9. The molecule has 0 aliphatic carbocycles. The van der Waals surface area contributed by atoms with E-state index in [1.165, 1.54) is 5.56 Å². The van der Waals surface area contributed by atoms with Crippen LogP contribution in [0.4, 0.5) is 0 Å². The molecule has 1 N–H and O–H groups in total. The summed E-state index contributed by atoms with van der Waals surface area (Å²) in [4.78, 5) is 0. The SMILES string of the molecule is Cc1nn(-c2ccc(CNC(C)(C)C)cc2)c(C)c1Cl. The molecular formula is C16H22ClN3. The van der Waals surface area contributed by atoms with Crippen molar-refractivity contribution in [3.8, 4) is 5.69 Å². The van der Waals surface area contributed by atoms with Crippen LogP contribution in [0.2, 0.25) is 5.02 Å². The van der Waals surface area contributed by atoms with Crippen LogP contribution in [0.5, 0.6) is 0 Å². The highest BCUT2D eigenvalue weighted by atomic mass is 35.5. The fourth-order valence-electron chi connectivity index (χ4n) is 2.00. The maximum absolute atomic E-state index is 6.19. The zero-order valence-corrected chi connectivity index (χ0v) is 13.5.